The first-order chi connectivity index (χ1) is 8.02. The molecule has 0 atom stereocenters. The molecule has 5 heteroatoms. The fourth-order valence-electron chi connectivity index (χ4n) is 1.10. The van der Waals surface area contributed by atoms with Gasteiger partial charge < -0.3 is 9.47 Å². The van der Waals surface area contributed by atoms with Crippen molar-refractivity contribution in [3.05, 3.63) is 29.6 Å². The number of benzene rings is 1. The van der Waals surface area contributed by atoms with Crippen LogP contribution in [0.2, 0.25) is 0 Å². The van der Waals surface area contributed by atoms with Crippen molar-refractivity contribution in [2.75, 3.05) is 0 Å². The Morgan fingerprint density at radius 3 is 2.59 bits per heavy atom. The summed E-state index contributed by atoms with van der Waals surface area (Å²) in [5, 5.41) is 0. The second-order valence-corrected chi connectivity index (χ2v) is 3.37. The highest BCUT2D eigenvalue weighted by atomic mass is 19.1. The van der Waals surface area contributed by atoms with Crippen LogP contribution in [0.15, 0.2) is 18.2 Å². The van der Waals surface area contributed by atoms with Crippen LogP contribution in [0.5, 0.6) is 5.75 Å². The summed E-state index contributed by atoms with van der Waals surface area (Å²) in [7, 11) is 0. The highest BCUT2D eigenvalue weighted by Gasteiger charge is 2.09. The highest BCUT2D eigenvalue weighted by molar-refractivity contribution is 5.72. The number of rotatable bonds is 4. The lowest BCUT2D eigenvalue weighted by Gasteiger charge is -2.06. The first kappa shape index (κ1) is 13.2. The standard InChI is InChI=1S/C12H13FO4/c1-3-12(15)17-11-5-4-9(6-10(11)13)7-16-8(2)14/h4-6H,3,7H2,1-2H3. The van der Waals surface area contributed by atoms with Gasteiger partial charge in [0, 0.05) is 13.3 Å². The molecule has 0 heterocycles. The number of halogens is 1. The number of hydrogen-bond donors (Lipinski definition) is 0. The summed E-state index contributed by atoms with van der Waals surface area (Å²) in [5.41, 5.74) is 0.494. The molecule has 0 saturated heterocycles. The van der Waals surface area contributed by atoms with Crippen LogP contribution in [0, 0.1) is 5.82 Å². The van der Waals surface area contributed by atoms with Crippen molar-refractivity contribution in [1.82, 2.24) is 0 Å². The molecule has 0 N–H and O–H groups in total. The third-order valence-corrected chi connectivity index (χ3v) is 1.95. The van der Waals surface area contributed by atoms with E-state index in [0.717, 1.165) is 0 Å². The predicted molar refractivity (Wildman–Crippen MR) is 57.8 cm³/mol. The van der Waals surface area contributed by atoms with Gasteiger partial charge in [-0.1, -0.05) is 13.0 Å². The number of hydrogen-bond acceptors (Lipinski definition) is 4. The minimum atomic E-state index is -0.656. The average Bonchev–Trinajstić information content (AvgIpc) is 2.29. The van der Waals surface area contributed by atoms with Gasteiger partial charge in [0.05, 0.1) is 0 Å². The molecule has 1 rings (SSSR count). The quantitative estimate of drug-likeness (QED) is 0.598. The molecule has 0 aliphatic heterocycles. The molecular formula is C12H13FO4. The van der Waals surface area contributed by atoms with E-state index in [-0.39, 0.29) is 18.8 Å². The first-order valence-electron chi connectivity index (χ1n) is 5.15. The van der Waals surface area contributed by atoms with Gasteiger partial charge in [-0.3, -0.25) is 9.59 Å². The molecular weight excluding hydrogens is 227 g/mol. The maximum absolute atomic E-state index is 13.5. The van der Waals surface area contributed by atoms with Crippen LogP contribution >= 0.6 is 0 Å². The fourth-order valence-corrected chi connectivity index (χ4v) is 1.10. The van der Waals surface area contributed by atoms with Crippen LogP contribution in [0.25, 0.3) is 0 Å². The van der Waals surface area contributed by atoms with E-state index in [4.69, 9.17) is 9.47 Å². The minimum Gasteiger partial charge on any atom is -0.461 e. The predicted octanol–water partition coefficient (Wildman–Crippen LogP) is 2.20. The second-order valence-electron chi connectivity index (χ2n) is 3.37. The number of carbonyl (C=O) groups excluding carboxylic acids is 2. The maximum Gasteiger partial charge on any atom is 0.310 e. The molecule has 0 radical (unpaired) electrons. The van der Waals surface area contributed by atoms with Gasteiger partial charge in [-0.25, -0.2) is 4.39 Å². The Balaban J connectivity index is 2.72. The molecule has 4 nitrogen and oxygen atoms in total. The highest BCUT2D eigenvalue weighted by Crippen LogP contribution is 2.19. The van der Waals surface area contributed by atoms with Gasteiger partial charge in [-0.05, 0) is 17.7 Å². The number of carbonyl (C=O) groups is 2. The summed E-state index contributed by atoms with van der Waals surface area (Å²) in [6.45, 7) is 2.89. The molecule has 92 valence electrons. The second kappa shape index (κ2) is 5.98. The van der Waals surface area contributed by atoms with Crippen LogP contribution in [-0.2, 0) is 20.9 Å². The first-order valence-corrected chi connectivity index (χ1v) is 5.15. The zero-order valence-electron chi connectivity index (χ0n) is 9.66. The Bertz CT molecular complexity index is 429. The van der Waals surface area contributed by atoms with Crippen LogP contribution in [0.3, 0.4) is 0 Å². The molecule has 0 fully saturated rings. The molecule has 0 bridgehead atoms. The molecule has 0 aromatic heterocycles. The lowest BCUT2D eigenvalue weighted by atomic mass is 10.2. The largest absolute Gasteiger partial charge is 0.461 e. The molecule has 17 heavy (non-hydrogen) atoms. The summed E-state index contributed by atoms with van der Waals surface area (Å²) >= 11 is 0. The van der Waals surface area contributed by atoms with Crippen molar-refractivity contribution in [2.24, 2.45) is 0 Å². The van der Waals surface area contributed by atoms with Crippen molar-refractivity contribution < 1.29 is 23.5 Å². The maximum atomic E-state index is 13.5. The van der Waals surface area contributed by atoms with Crippen LogP contribution < -0.4 is 4.74 Å². The normalized spacial score (nSPS) is 9.82. The van der Waals surface area contributed by atoms with Gasteiger partial charge in [-0.15, -0.1) is 0 Å². The summed E-state index contributed by atoms with van der Waals surface area (Å²) in [5.74, 6) is -1.72. The van der Waals surface area contributed by atoms with E-state index >= 15 is 0 Å². The minimum absolute atomic E-state index is 0.00570. The summed E-state index contributed by atoms with van der Waals surface area (Å²) in [6.07, 6.45) is 0.175. The SMILES string of the molecule is CCC(=O)Oc1ccc(COC(C)=O)cc1F. The molecule has 0 saturated carbocycles. The van der Waals surface area contributed by atoms with Gasteiger partial charge in [0.2, 0.25) is 0 Å². The molecule has 0 aliphatic rings. The van der Waals surface area contributed by atoms with Crippen molar-refractivity contribution in [1.29, 1.82) is 0 Å². The van der Waals surface area contributed by atoms with Crippen molar-refractivity contribution in [3.63, 3.8) is 0 Å². The Hall–Kier alpha value is -1.91. The number of ether oxygens (including phenoxy) is 2. The summed E-state index contributed by atoms with van der Waals surface area (Å²) < 4.78 is 22.9. The Morgan fingerprint density at radius 1 is 1.35 bits per heavy atom. The Kier molecular flexibility index (Phi) is 4.63. The van der Waals surface area contributed by atoms with Gasteiger partial charge in [0.15, 0.2) is 11.6 Å². The molecule has 0 amide bonds. The van der Waals surface area contributed by atoms with E-state index in [9.17, 15) is 14.0 Å². The van der Waals surface area contributed by atoms with Crippen molar-refractivity contribution in [2.45, 2.75) is 26.9 Å². The lowest BCUT2D eigenvalue weighted by Crippen LogP contribution is -2.07. The third-order valence-electron chi connectivity index (χ3n) is 1.95. The average molecular weight is 240 g/mol. The van der Waals surface area contributed by atoms with E-state index in [2.05, 4.69) is 0 Å². The topological polar surface area (TPSA) is 52.6 Å². The number of esters is 2. The lowest BCUT2D eigenvalue weighted by molar-refractivity contribution is -0.142. The van der Waals surface area contributed by atoms with Crippen molar-refractivity contribution in [3.8, 4) is 5.75 Å². The third kappa shape index (κ3) is 4.22. The van der Waals surface area contributed by atoms with Crippen LogP contribution in [0.1, 0.15) is 25.8 Å². The molecule has 1 aromatic carbocycles. The van der Waals surface area contributed by atoms with Gasteiger partial charge in [0.25, 0.3) is 0 Å². The summed E-state index contributed by atoms with van der Waals surface area (Å²) in [6, 6.07) is 4.03. The van der Waals surface area contributed by atoms with Gasteiger partial charge in [-0.2, -0.15) is 0 Å². The zero-order chi connectivity index (χ0) is 12.8. The molecule has 0 spiro atoms. The van der Waals surface area contributed by atoms with Crippen LogP contribution in [0.4, 0.5) is 4.39 Å². The Morgan fingerprint density at radius 2 is 2.06 bits per heavy atom. The van der Waals surface area contributed by atoms with E-state index in [1.807, 2.05) is 0 Å². The van der Waals surface area contributed by atoms with Crippen molar-refractivity contribution >= 4 is 11.9 Å². The zero-order valence-corrected chi connectivity index (χ0v) is 9.66. The molecule has 0 unspecified atom stereocenters. The van der Waals surface area contributed by atoms with E-state index in [1.165, 1.54) is 25.1 Å². The van der Waals surface area contributed by atoms with Gasteiger partial charge >= 0.3 is 11.9 Å². The van der Waals surface area contributed by atoms with Gasteiger partial charge in [0.1, 0.15) is 6.61 Å². The molecule has 0 aliphatic carbocycles. The van der Waals surface area contributed by atoms with E-state index in [0.29, 0.717) is 5.56 Å². The smallest absolute Gasteiger partial charge is 0.310 e. The summed E-state index contributed by atoms with van der Waals surface area (Å²) in [4.78, 5) is 21.5. The molecule has 1 aromatic rings. The monoisotopic (exact) mass is 240 g/mol. The fraction of sp³-hybridized carbons (Fsp3) is 0.333. The van der Waals surface area contributed by atoms with E-state index in [1.54, 1.807) is 6.92 Å². The van der Waals surface area contributed by atoms with Crippen LogP contribution in [-0.4, -0.2) is 11.9 Å². The van der Waals surface area contributed by atoms with E-state index < -0.39 is 17.8 Å². The Labute approximate surface area is 98.3 Å².